The minimum Gasteiger partial charge on any atom is -0.484 e. The highest BCUT2D eigenvalue weighted by Crippen LogP contribution is 2.26. The maximum atomic E-state index is 12.3. The number of fused-ring (bicyclic) bond motifs is 3. The second-order valence-corrected chi connectivity index (χ2v) is 7.45. The predicted octanol–water partition coefficient (Wildman–Crippen LogP) is -0.781. The molecule has 4 atom stereocenters. The van der Waals surface area contributed by atoms with Crippen molar-refractivity contribution < 1.29 is 39.5 Å². The Kier molecular flexibility index (Phi) is 7.44. The van der Waals surface area contributed by atoms with Crippen molar-refractivity contribution in [2.75, 3.05) is 26.8 Å². The molecule has 2 aromatic carbocycles. The number of ether oxygens (including phenoxy) is 1. The summed E-state index contributed by atoms with van der Waals surface area (Å²) in [6.45, 7) is -1.54. The van der Waals surface area contributed by atoms with Gasteiger partial charge in [-0.15, -0.1) is 0 Å². The van der Waals surface area contributed by atoms with Gasteiger partial charge in [0.25, 0.3) is 5.91 Å². The van der Waals surface area contributed by atoms with Gasteiger partial charge in [0.1, 0.15) is 35.7 Å². The van der Waals surface area contributed by atoms with E-state index in [1.54, 1.807) is 24.3 Å². The van der Waals surface area contributed by atoms with Crippen molar-refractivity contribution in [1.29, 1.82) is 0 Å². The van der Waals surface area contributed by atoms with Crippen LogP contribution in [0.3, 0.4) is 0 Å². The third-order valence-electron chi connectivity index (χ3n) is 5.17. The molecule has 1 amide bonds. The molecule has 0 radical (unpaired) electrons. The zero-order valence-electron chi connectivity index (χ0n) is 17.3. The van der Waals surface area contributed by atoms with Crippen molar-refractivity contribution >= 4 is 27.6 Å². The van der Waals surface area contributed by atoms with Crippen LogP contribution in [-0.2, 0) is 4.79 Å². The number of aliphatic hydroxyl groups is 5. The number of aliphatic hydroxyl groups excluding tert-OH is 5. The van der Waals surface area contributed by atoms with E-state index in [0.29, 0.717) is 16.7 Å². The normalized spacial score (nSPS) is 15.3. The number of hydrogen-bond donors (Lipinski definition) is 5. The first-order valence-electron chi connectivity index (χ1n) is 9.88. The Morgan fingerprint density at radius 2 is 1.66 bits per heavy atom. The topological polar surface area (TPSA) is 161 Å². The SMILES string of the molecule is CN(C[C@H](O)[C@H](O)[C@H](O)[C@@H](O)CO)C(=O)COc1ccc2c(c1)oc(=O)c1ccccc12. The molecule has 1 aromatic heterocycles. The lowest BCUT2D eigenvalue weighted by Gasteiger charge is -2.28. The Balaban J connectivity index is 1.64. The maximum Gasteiger partial charge on any atom is 0.344 e. The number of hydrogen-bond acceptors (Lipinski definition) is 9. The van der Waals surface area contributed by atoms with Gasteiger partial charge in [0.2, 0.25) is 0 Å². The van der Waals surface area contributed by atoms with Crippen molar-refractivity contribution in [1.82, 2.24) is 4.90 Å². The van der Waals surface area contributed by atoms with Crippen LogP contribution in [0.5, 0.6) is 5.75 Å². The van der Waals surface area contributed by atoms with E-state index in [4.69, 9.17) is 14.3 Å². The summed E-state index contributed by atoms with van der Waals surface area (Å²) < 4.78 is 10.8. The number of likely N-dealkylation sites (N-methyl/N-ethyl adjacent to an activating group) is 1. The molecule has 10 heteroatoms. The number of amides is 1. The second-order valence-electron chi connectivity index (χ2n) is 7.45. The number of benzene rings is 2. The summed E-state index contributed by atoms with van der Waals surface area (Å²) in [6, 6.07) is 11.9. The van der Waals surface area contributed by atoms with Crippen LogP contribution in [0.2, 0.25) is 0 Å². The first-order chi connectivity index (χ1) is 15.2. The highest BCUT2D eigenvalue weighted by molar-refractivity contribution is 6.04. The molecule has 3 rings (SSSR count). The summed E-state index contributed by atoms with van der Waals surface area (Å²) in [5, 5.41) is 49.6. The summed E-state index contributed by atoms with van der Waals surface area (Å²) in [6.07, 6.45) is -6.75. The molecule has 5 N–H and O–H groups in total. The molecule has 172 valence electrons. The smallest absolute Gasteiger partial charge is 0.344 e. The summed E-state index contributed by atoms with van der Waals surface area (Å²) in [5.41, 5.74) is -0.177. The highest BCUT2D eigenvalue weighted by atomic mass is 16.5. The quantitative estimate of drug-likeness (QED) is 0.209. The summed E-state index contributed by atoms with van der Waals surface area (Å²) in [4.78, 5) is 25.6. The van der Waals surface area contributed by atoms with E-state index < -0.39 is 49.2 Å². The Morgan fingerprint density at radius 1 is 1.00 bits per heavy atom. The summed E-state index contributed by atoms with van der Waals surface area (Å²) >= 11 is 0. The molecule has 0 bridgehead atoms. The van der Waals surface area contributed by atoms with Crippen molar-refractivity contribution in [2.45, 2.75) is 24.4 Å². The number of rotatable bonds is 9. The van der Waals surface area contributed by atoms with Gasteiger partial charge >= 0.3 is 5.63 Å². The monoisotopic (exact) mass is 447 g/mol. The van der Waals surface area contributed by atoms with Crippen molar-refractivity contribution in [3.63, 3.8) is 0 Å². The molecule has 0 aliphatic heterocycles. The average molecular weight is 447 g/mol. The van der Waals surface area contributed by atoms with Gasteiger partial charge in [-0.05, 0) is 23.6 Å². The molecule has 0 fully saturated rings. The maximum absolute atomic E-state index is 12.3. The van der Waals surface area contributed by atoms with Gasteiger partial charge in [-0.3, -0.25) is 4.79 Å². The van der Waals surface area contributed by atoms with E-state index in [1.165, 1.54) is 13.1 Å². The lowest BCUT2D eigenvalue weighted by Crippen LogP contribution is -2.50. The summed E-state index contributed by atoms with van der Waals surface area (Å²) in [5.74, 6) is -0.242. The zero-order chi connectivity index (χ0) is 23.4. The first kappa shape index (κ1) is 23.6. The minimum absolute atomic E-state index is 0.291. The molecule has 10 nitrogen and oxygen atoms in total. The molecule has 0 spiro atoms. The fraction of sp³-hybridized carbons (Fsp3) is 0.364. The fourth-order valence-electron chi connectivity index (χ4n) is 3.26. The van der Waals surface area contributed by atoms with Gasteiger partial charge in [-0.25, -0.2) is 4.79 Å². The molecule has 3 aromatic rings. The molecule has 0 saturated carbocycles. The van der Waals surface area contributed by atoms with Crippen molar-refractivity contribution in [3.8, 4) is 5.75 Å². The number of nitrogens with zero attached hydrogens (tertiary/aromatic N) is 1. The zero-order valence-corrected chi connectivity index (χ0v) is 17.3. The van der Waals surface area contributed by atoms with Gasteiger partial charge in [-0.1, -0.05) is 18.2 Å². The highest BCUT2D eigenvalue weighted by Gasteiger charge is 2.31. The van der Waals surface area contributed by atoms with Crippen LogP contribution in [-0.4, -0.2) is 87.6 Å². The van der Waals surface area contributed by atoms with Gasteiger partial charge in [0, 0.05) is 25.0 Å². The van der Waals surface area contributed by atoms with Crippen molar-refractivity contribution in [3.05, 3.63) is 52.9 Å². The van der Waals surface area contributed by atoms with Crippen LogP contribution in [0.4, 0.5) is 0 Å². The molecule has 0 saturated heterocycles. The average Bonchev–Trinajstić information content (AvgIpc) is 2.80. The van der Waals surface area contributed by atoms with Crippen LogP contribution in [0.25, 0.3) is 21.7 Å². The van der Waals surface area contributed by atoms with E-state index in [2.05, 4.69) is 0 Å². The van der Waals surface area contributed by atoms with Gasteiger partial charge in [0.05, 0.1) is 12.0 Å². The Bertz CT molecular complexity index is 1150. The third kappa shape index (κ3) is 5.06. The lowest BCUT2D eigenvalue weighted by molar-refractivity contribution is -0.139. The Hall–Kier alpha value is -3.02. The molecule has 0 aliphatic rings. The first-order valence-corrected chi connectivity index (χ1v) is 9.88. The molecule has 1 heterocycles. The van der Waals surface area contributed by atoms with E-state index in [0.717, 1.165) is 15.7 Å². The van der Waals surface area contributed by atoms with Crippen LogP contribution < -0.4 is 10.4 Å². The molecule has 32 heavy (non-hydrogen) atoms. The Morgan fingerprint density at radius 3 is 2.34 bits per heavy atom. The number of carbonyl (C=O) groups is 1. The Labute approximate surface area is 182 Å². The van der Waals surface area contributed by atoms with Gasteiger partial charge in [-0.2, -0.15) is 0 Å². The minimum atomic E-state index is -1.78. The largest absolute Gasteiger partial charge is 0.484 e. The van der Waals surface area contributed by atoms with Crippen LogP contribution >= 0.6 is 0 Å². The van der Waals surface area contributed by atoms with Gasteiger partial charge in [0.15, 0.2) is 6.61 Å². The van der Waals surface area contributed by atoms with E-state index in [1.807, 2.05) is 12.1 Å². The van der Waals surface area contributed by atoms with Crippen molar-refractivity contribution in [2.24, 2.45) is 0 Å². The lowest BCUT2D eigenvalue weighted by atomic mass is 10.0. The standard InChI is InChI=1S/C22H25NO9/c1-23(9-16(25)20(28)21(29)17(26)10-24)19(27)11-31-12-6-7-14-13-4-2-3-5-15(13)22(30)32-18(14)8-12/h2-8,16-17,20-21,24-26,28-29H,9-11H2,1H3/t16-,17-,20-,21+/m0/s1. The van der Waals surface area contributed by atoms with Gasteiger partial charge < -0.3 is 39.6 Å². The van der Waals surface area contributed by atoms with E-state index in [9.17, 15) is 30.0 Å². The fourth-order valence-corrected chi connectivity index (χ4v) is 3.26. The van der Waals surface area contributed by atoms with E-state index in [-0.39, 0.29) is 6.54 Å². The number of carbonyl (C=O) groups excluding carboxylic acids is 1. The molecular weight excluding hydrogens is 422 g/mol. The molecule has 0 aliphatic carbocycles. The van der Waals surface area contributed by atoms with Crippen LogP contribution in [0, 0.1) is 0 Å². The predicted molar refractivity (Wildman–Crippen MR) is 114 cm³/mol. The second kappa shape index (κ2) is 10.1. The van der Waals surface area contributed by atoms with Crippen LogP contribution in [0.15, 0.2) is 51.7 Å². The molecular formula is C22H25NO9. The summed E-state index contributed by atoms with van der Waals surface area (Å²) in [7, 11) is 1.36. The van der Waals surface area contributed by atoms with Crippen LogP contribution in [0.1, 0.15) is 0 Å². The third-order valence-corrected chi connectivity index (χ3v) is 5.17. The molecule has 0 unspecified atom stereocenters. The van der Waals surface area contributed by atoms with E-state index >= 15 is 0 Å².